The highest BCUT2D eigenvalue weighted by atomic mass is 32.2. The molecule has 0 saturated carbocycles. The van der Waals surface area contributed by atoms with Crippen LogP contribution in [0.4, 0.5) is 0 Å². The largest absolute Gasteiger partial charge is 0.349 e. The number of carbonyl (C=O) groups is 1. The van der Waals surface area contributed by atoms with Gasteiger partial charge in [0.25, 0.3) is 0 Å². The Kier molecular flexibility index (Phi) is 4.20. The monoisotopic (exact) mass is 257 g/mol. The first-order valence-corrected chi connectivity index (χ1v) is 7.29. The van der Waals surface area contributed by atoms with Crippen LogP contribution in [0.5, 0.6) is 0 Å². The van der Waals surface area contributed by atoms with Gasteiger partial charge in [0.1, 0.15) is 0 Å². The molecule has 16 heavy (non-hydrogen) atoms. The fraction of sp³-hybridized carbons (Fsp3) is 0.600. The van der Waals surface area contributed by atoms with Crippen molar-refractivity contribution in [3.63, 3.8) is 0 Å². The van der Waals surface area contributed by atoms with Crippen LogP contribution in [0, 0.1) is 6.92 Å². The average Bonchev–Trinajstić information content (AvgIpc) is 2.73. The van der Waals surface area contributed by atoms with Crippen molar-refractivity contribution >= 4 is 29.0 Å². The predicted octanol–water partition coefficient (Wildman–Crippen LogP) is 0.773. The van der Waals surface area contributed by atoms with Gasteiger partial charge >= 0.3 is 0 Å². The molecule has 1 unspecified atom stereocenters. The lowest BCUT2D eigenvalue weighted by atomic mass is 10.3. The van der Waals surface area contributed by atoms with Crippen molar-refractivity contribution in [3.05, 3.63) is 16.1 Å². The first kappa shape index (κ1) is 11.9. The van der Waals surface area contributed by atoms with Gasteiger partial charge in [-0.1, -0.05) is 0 Å². The number of rotatable bonds is 3. The molecule has 0 aliphatic carbocycles. The van der Waals surface area contributed by atoms with E-state index >= 15 is 0 Å². The molecule has 1 saturated heterocycles. The van der Waals surface area contributed by atoms with Crippen LogP contribution in [0.15, 0.2) is 5.38 Å². The number of carbonyl (C=O) groups excluding carboxylic acids is 1. The molecule has 88 valence electrons. The lowest BCUT2D eigenvalue weighted by Crippen LogP contribution is -2.48. The highest BCUT2D eigenvalue weighted by Gasteiger charge is 2.20. The third-order valence-electron chi connectivity index (χ3n) is 2.35. The topological polar surface area (TPSA) is 54.0 Å². The van der Waals surface area contributed by atoms with Gasteiger partial charge in [-0.05, 0) is 6.92 Å². The number of thioether (sulfide) groups is 1. The van der Waals surface area contributed by atoms with Crippen LogP contribution >= 0.6 is 23.1 Å². The molecule has 0 bridgehead atoms. The van der Waals surface area contributed by atoms with Crippen LogP contribution < -0.4 is 10.6 Å². The Hall–Kier alpha value is -0.590. The summed E-state index contributed by atoms with van der Waals surface area (Å²) in [6, 6.07) is -0.0431. The molecule has 1 aliphatic heterocycles. The lowest BCUT2D eigenvalue weighted by Gasteiger charge is -2.21. The van der Waals surface area contributed by atoms with E-state index in [0.717, 1.165) is 28.8 Å². The Morgan fingerprint density at radius 3 is 3.25 bits per heavy atom. The summed E-state index contributed by atoms with van der Waals surface area (Å²) in [6.07, 6.45) is 0. The summed E-state index contributed by atoms with van der Waals surface area (Å²) in [7, 11) is 0. The van der Waals surface area contributed by atoms with Gasteiger partial charge in [0.15, 0.2) is 0 Å². The molecule has 4 nitrogen and oxygen atoms in total. The van der Waals surface area contributed by atoms with Gasteiger partial charge in [-0.25, -0.2) is 4.98 Å². The molecule has 6 heteroatoms. The van der Waals surface area contributed by atoms with Crippen LogP contribution in [0.25, 0.3) is 0 Å². The van der Waals surface area contributed by atoms with Gasteiger partial charge < -0.3 is 10.6 Å². The number of hydrogen-bond acceptors (Lipinski definition) is 5. The van der Waals surface area contributed by atoms with E-state index in [-0.39, 0.29) is 11.9 Å². The van der Waals surface area contributed by atoms with Crippen LogP contribution in [0.2, 0.25) is 0 Å². The van der Waals surface area contributed by atoms with E-state index in [1.807, 2.05) is 24.1 Å². The second-order valence-corrected chi connectivity index (χ2v) is 5.87. The highest BCUT2D eigenvalue weighted by molar-refractivity contribution is 7.99. The molecule has 1 fully saturated rings. The molecule has 0 aromatic carbocycles. The molecule has 2 rings (SSSR count). The zero-order valence-electron chi connectivity index (χ0n) is 9.16. The Morgan fingerprint density at radius 2 is 2.62 bits per heavy atom. The Balaban J connectivity index is 1.78. The van der Waals surface area contributed by atoms with Crippen molar-refractivity contribution < 1.29 is 4.79 Å². The predicted molar refractivity (Wildman–Crippen MR) is 67.8 cm³/mol. The maximum Gasteiger partial charge on any atom is 0.238 e. The summed E-state index contributed by atoms with van der Waals surface area (Å²) in [5.74, 6) is 2.04. The minimum absolute atomic E-state index is 0.0431. The molecular formula is C10H15N3OS2. The molecule has 1 atom stereocenters. The normalized spacial score (nSPS) is 20.7. The number of aryl methyl sites for hydroxylation is 1. The molecule has 1 aliphatic rings. The van der Waals surface area contributed by atoms with E-state index in [9.17, 15) is 4.79 Å². The summed E-state index contributed by atoms with van der Waals surface area (Å²) in [5.41, 5.74) is 0.944. The fourth-order valence-corrected chi connectivity index (χ4v) is 3.07. The first-order chi connectivity index (χ1) is 7.75. The molecule has 2 heterocycles. The third kappa shape index (κ3) is 3.20. The number of aromatic nitrogens is 1. The summed E-state index contributed by atoms with van der Waals surface area (Å²) in [6.45, 7) is 3.42. The summed E-state index contributed by atoms with van der Waals surface area (Å²) < 4.78 is 0. The second-order valence-electron chi connectivity index (χ2n) is 3.66. The van der Waals surface area contributed by atoms with Crippen LogP contribution in [0.1, 0.15) is 10.7 Å². The minimum Gasteiger partial charge on any atom is -0.349 e. The molecule has 1 aromatic heterocycles. The Morgan fingerprint density at radius 1 is 1.75 bits per heavy atom. The van der Waals surface area contributed by atoms with Gasteiger partial charge in [0, 0.05) is 23.4 Å². The SMILES string of the molecule is Cc1nc(CNC(=O)C2CSCCN2)cs1. The van der Waals surface area contributed by atoms with E-state index in [2.05, 4.69) is 15.6 Å². The third-order valence-corrected chi connectivity index (χ3v) is 4.23. The van der Waals surface area contributed by atoms with Gasteiger partial charge in [-0.2, -0.15) is 11.8 Å². The Labute approximate surface area is 103 Å². The van der Waals surface area contributed by atoms with Crippen molar-refractivity contribution in [3.8, 4) is 0 Å². The summed E-state index contributed by atoms with van der Waals surface area (Å²) in [5, 5.41) is 9.14. The Bertz CT molecular complexity index is 361. The summed E-state index contributed by atoms with van der Waals surface area (Å²) >= 11 is 3.43. The van der Waals surface area contributed by atoms with E-state index in [1.54, 1.807) is 11.3 Å². The lowest BCUT2D eigenvalue weighted by molar-refractivity contribution is -0.122. The van der Waals surface area contributed by atoms with Crippen LogP contribution in [-0.2, 0) is 11.3 Å². The van der Waals surface area contributed by atoms with Crippen molar-refractivity contribution in [1.82, 2.24) is 15.6 Å². The summed E-state index contributed by atoms with van der Waals surface area (Å²) in [4.78, 5) is 16.1. The zero-order valence-corrected chi connectivity index (χ0v) is 10.8. The van der Waals surface area contributed by atoms with Crippen LogP contribution in [-0.4, -0.2) is 35.0 Å². The van der Waals surface area contributed by atoms with Crippen molar-refractivity contribution in [2.75, 3.05) is 18.1 Å². The molecule has 1 aromatic rings. The maximum atomic E-state index is 11.8. The molecular weight excluding hydrogens is 242 g/mol. The van der Waals surface area contributed by atoms with Gasteiger partial charge in [0.05, 0.1) is 23.3 Å². The van der Waals surface area contributed by atoms with Crippen molar-refractivity contribution in [1.29, 1.82) is 0 Å². The van der Waals surface area contributed by atoms with Crippen LogP contribution in [0.3, 0.4) is 0 Å². The zero-order chi connectivity index (χ0) is 11.4. The molecule has 1 amide bonds. The van der Waals surface area contributed by atoms with E-state index in [4.69, 9.17) is 0 Å². The average molecular weight is 257 g/mol. The maximum absolute atomic E-state index is 11.8. The van der Waals surface area contributed by atoms with E-state index in [0.29, 0.717) is 6.54 Å². The molecule has 0 radical (unpaired) electrons. The number of hydrogen-bond donors (Lipinski definition) is 2. The van der Waals surface area contributed by atoms with Crippen molar-refractivity contribution in [2.24, 2.45) is 0 Å². The van der Waals surface area contributed by atoms with Crippen molar-refractivity contribution in [2.45, 2.75) is 19.5 Å². The smallest absolute Gasteiger partial charge is 0.238 e. The quantitative estimate of drug-likeness (QED) is 0.840. The number of nitrogens with one attached hydrogen (secondary N) is 2. The minimum atomic E-state index is -0.0431. The fourth-order valence-electron chi connectivity index (χ4n) is 1.52. The van der Waals surface area contributed by atoms with Gasteiger partial charge in [-0.3, -0.25) is 4.79 Å². The van der Waals surface area contributed by atoms with Gasteiger partial charge in [-0.15, -0.1) is 11.3 Å². The number of amides is 1. The van der Waals surface area contributed by atoms with E-state index in [1.165, 1.54) is 0 Å². The highest BCUT2D eigenvalue weighted by Crippen LogP contribution is 2.09. The van der Waals surface area contributed by atoms with E-state index < -0.39 is 0 Å². The van der Waals surface area contributed by atoms with Gasteiger partial charge in [0.2, 0.25) is 5.91 Å². The first-order valence-electron chi connectivity index (χ1n) is 5.25. The molecule has 2 N–H and O–H groups in total. The molecule has 0 spiro atoms. The standard InChI is InChI=1S/C10H15N3OS2/c1-7-13-8(5-16-7)4-12-10(14)9-6-15-3-2-11-9/h5,9,11H,2-4,6H2,1H3,(H,12,14). The number of nitrogens with zero attached hydrogens (tertiary/aromatic N) is 1. The number of thiazole rings is 1. The second kappa shape index (κ2) is 5.65.